The smallest absolute Gasteiger partial charge is 0.416 e. The molecule has 0 saturated carbocycles. The molecular formula is C18H19BrF3N3O. The van der Waals surface area contributed by atoms with Crippen LogP contribution < -0.4 is 4.74 Å². The fourth-order valence-electron chi connectivity index (χ4n) is 2.01. The van der Waals surface area contributed by atoms with Gasteiger partial charge in [0.15, 0.2) is 0 Å². The summed E-state index contributed by atoms with van der Waals surface area (Å²) >= 11 is 3.37. The molecule has 0 aliphatic carbocycles. The van der Waals surface area contributed by atoms with Gasteiger partial charge in [-0.3, -0.25) is 0 Å². The van der Waals surface area contributed by atoms with Crippen LogP contribution in [-0.2, 0) is 12.8 Å². The topological polar surface area (TPSA) is 37.7 Å². The van der Waals surface area contributed by atoms with E-state index in [9.17, 15) is 13.2 Å². The third-order valence-corrected chi connectivity index (χ3v) is 4.20. The highest BCUT2D eigenvalue weighted by molar-refractivity contribution is 9.10. The molecule has 0 bridgehead atoms. The summed E-state index contributed by atoms with van der Waals surface area (Å²) < 4.78 is 44.5. The molecule has 8 heteroatoms. The monoisotopic (exact) mass is 429 g/mol. The Labute approximate surface area is 158 Å². The summed E-state index contributed by atoms with van der Waals surface area (Å²) in [4.78, 5) is 10.6. The van der Waals surface area contributed by atoms with Crippen molar-refractivity contribution in [1.82, 2.24) is 9.88 Å². The molecule has 0 aliphatic heterocycles. The number of aliphatic imine (C=N–C) groups is 1. The number of hydrogen-bond acceptors (Lipinski definition) is 3. The summed E-state index contributed by atoms with van der Waals surface area (Å²) in [5, 5.41) is 0. The van der Waals surface area contributed by atoms with Gasteiger partial charge in [-0.25, -0.2) is 9.98 Å². The lowest BCUT2D eigenvalue weighted by molar-refractivity contribution is -0.137. The van der Waals surface area contributed by atoms with E-state index in [1.165, 1.54) is 6.07 Å². The van der Waals surface area contributed by atoms with Crippen LogP contribution in [0.1, 0.15) is 23.7 Å². The van der Waals surface area contributed by atoms with E-state index in [2.05, 4.69) is 25.9 Å². The standard InChI is InChI=1S/C18H19BrF3N3O/c1-4-25(3)11-23-16-9-15(19)17(24-12(16)2)26-10-13-6-5-7-14(8-13)18(20,21)22/h5-9,11H,4,10H2,1-3H3/b23-11+. The maximum atomic E-state index is 12.8. The van der Waals surface area contributed by atoms with Gasteiger partial charge in [0.2, 0.25) is 5.88 Å². The Kier molecular flexibility index (Phi) is 6.63. The second-order valence-corrected chi connectivity index (χ2v) is 6.54. The van der Waals surface area contributed by atoms with E-state index in [4.69, 9.17) is 4.74 Å². The number of benzene rings is 1. The van der Waals surface area contributed by atoms with Crippen LogP contribution in [0, 0.1) is 6.92 Å². The molecule has 0 N–H and O–H groups in total. The summed E-state index contributed by atoms with van der Waals surface area (Å²) in [5.74, 6) is 0.308. The SMILES string of the molecule is CCN(C)/C=N/c1cc(Br)c(OCc2cccc(C(F)(F)F)c2)nc1C. The van der Waals surface area contributed by atoms with Crippen LogP contribution in [0.3, 0.4) is 0 Å². The predicted molar refractivity (Wildman–Crippen MR) is 98.9 cm³/mol. The number of halogens is 4. The predicted octanol–water partition coefficient (Wildman–Crippen LogP) is 5.36. The van der Waals surface area contributed by atoms with Gasteiger partial charge in [-0.1, -0.05) is 12.1 Å². The number of aryl methyl sites for hydroxylation is 1. The first-order chi connectivity index (χ1) is 12.2. The Morgan fingerprint density at radius 3 is 2.69 bits per heavy atom. The van der Waals surface area contributed by atoms with Crippen LogP contribution in [0.15, 0.2) is 39.8 Å². The maximum absolute atomic E-state index is 12.8. The molecule has 0 saturated heterocycles. The first-order valence-corrected chi connectivity index (χ1v) is 8.70. The maximum Gasteiger partial charge on any atom is 0.416 e. The van der Waals surface area contributed by atoms with Crippen molar-refractivity contribution in [2.75, 3.05) is 13.6 Å². The van der Waals surface area contributed by atoms with Gasteiger partial charge in [-0.15, -0.1) is 0 Å². The van der Waals surface area contributed by atoms with Crippen LogP contribution in [0.5, 0.6) is 5.88 Å². The molecule has 0 amide bonds. The molecule has 4 nitrogen and oxygen atoms in total. The van der Waals surface area contributed by atoms with E-state index in [-0.39, 0.29) is 6.61 Å². The molecule has 1 aromatic carbocycles. The minimum Gasteiger partial charge on any atom is -0.472 e. The number of ether oxygens (including phenoxy) is 1. The zero-order valence-corrected chi connectivity index (χ0v) is 16.2. The zero-order chi connectivity index (χ0) is 19.3. The van der Waals surface area contributed by atoms with Gasteiger partial charge < -0.3 is 9.64 Å². The molecule has 0 spiro atoms. The minimum atomic E-state index is -4.38. The lowest BCUT2D eigenvalue weighted by Crippen LogP contribution is -2.14. The number of alkyl halides is 3. The molecule has 140 valence electrons. The fraction of sp³-hybridized carbons (Fsp3) is 0.333. The highest BCUT2D eigenvalue weighted by Crippen LogP contribution is 2.32. The van der Waals surface area contributed by atoms with Crippen molar-refractivity contribution in [3.63, 3.8) is 0 Å². The van der Waals surface area contributed by atoms with Crippen molar-refractivity contribution in [2.24, 2.45) is 4.99 Å². The summed E-state index contributed by atoms with van der Waals surface area (Å²) in [6.45, 7) is 4.62. The first kappa shape index (κ1) is 20.2. The lowest BCUT2D eigenvalue weighted by atomic mass is 10.1. The summed E-state index contributed by atoms with van der Waals surface area (Å²) in [5.41, 5.74) is 1.06. The molecule has 1 heterocycles. The second-order valence-electron chi connectivity index (χ2n) is 5.68. The van der Waals surface area contributed by atoms with E-state index >= 15 is 0 Å². The van der Waals surface area contributed by atoms with Gasteiger partial charge in [-0.2, -0.15) is 13.2 Å². The van der Waals surface area contributed by atoms with Crippen LogP contribution >= 0.6 is 15.9 Å². The highest BCUT2D eigenvalue weighted by Gasteiger charge is 2.30. The molecule has 26 heavy (non-hydrogen) atoms. The van der Waals surface area contributed by atoms with Gasteiger partial charge in [0.05, 0.1) is 27.8 Å². The van der Waals surface area contributed by atoms with Crippen molar-refractivity contribution in [2.45, 2.75) is 26.6 Å². The average molecular weight is 430 g/mol. The molecule has 0 radical (unpaired) electrons. The normalized spacial score (nSPS) is 11.8. The van der Waals surface area contributed by atoms with E-state index in [0.717, 1.165) is 18.7 Å². The quantitative estimate of drug-likeness (QED) is 0.458. The molecule has 0 aliphatic rings. The van der Waals surface area contributed by atoms with E-state index in [1.807, 2.05) is 18.9 Å². The Hall–Kier alpha value is -2.09. The number of nitrogens with zero attached hydrogens (tertiary/aromatic N) is 3. The summed E-state index contributed by atoms with van der Waals surface area (Å²) in [6.07, 6.45) is -2.67. The van der Waals surface area contributed by atoms with Crippen LogP contribution in [0.4, 0.5) is 18.9 Å². The molecule has 1 aromatic heterocycles. The molecule has 0 fully saturated rings. The minimum absolute atomic E-state index is 0.0177. The Balaban J connectivity index is 2.13. The number of rotatable bonds is 6. The molecule has 2 aromatic rings. The Morgan fingerprint density at radius 2 is 2.04 bits per heavy atom. The van der Waals surface area contributed by atoms with Crippen LogP contribution in [0.2, 0.25) is 0 Å². The van der Waals surface area contributed by atoms with Gasteiger partial charge >= 0.3 is 6.18 Å². The number of aromatic nitrogens is 1. The van der Waals surface area contributed by atoms with Crippen LogP contribution in [0.25, 0.3) is 0 Å². The third-order valence-electron chi connectivity index (χ3n) is 3.63. The molecule has 0 atom stereocenters. The Morgan fingerprint density at radius 1 is 1.31 bits per heavy atom. The van der Waals surface area contributed by atoms with E-state index in [1.54, 1.807) is 25.4 Å². The first-order valence-electron chi connectivity index (χ1n) is 7.91. The lowest BCUT2D eigenvalue weighted by Gasteiger charge is -2.12. The van der Waals surface area contributed by atoms with E-state index in [0.29, 0.717) is 27.3 Å². The summed E-state index contributed by atoms with van der Waals surface area (Å²) in [7, 11) is 1.91. The second kappa shape index (κ2) is 8.53. The zero-order valence-electron chi connectivity index (χ0n) is 14.6. The van der Waals surface area contributed by atoms with Crippen molar-refractivity contribution < 1.29 is 17.9 Å². The summed E-state index contributed by atoms with van der Waals surface area (Å²) in [6, 6.07) is 6.80. The van der Waals surface area contributed by atoms with Crippen molar-refractivity contribution in [3.8, 4) is 5.88 Å². The van der Waals surface area contributed by atoms with E-state index < -0.39 is 11.7 Å². The number of hydrogen-bond donors (Lipinski definition) is 0. The van der Waals surface area contributed by atoms with Crippen LogP contribution in [-0.4, -0.2) is 29.8 Å². The van der Waals surface area contributed by atoms with Crippen molar-refractivity contribution in [3.05, 3.63) is 51.6 Å². The van der Waals surface area contributed by atoms with Crippen molar-refractivity contribution >= 4 is 28.0 Å². The van der Waals surface area contributed by atoms with Gasteiger partial charge in [0.25, 0.3) is 0 Å². The van der Waals surface area contributed by atoms with Crippen molar-refractivity contribution in [1.29, 1.82) is 0 Å². The highest BCUT2D eigenvalue weighted by atomic mass is 79.9. The average Bonchev–Trinajstić information content (AvgIpc) is 2.60. The third kappa shape index (κ3) is 5.45. The largest absolute Gasteiger partial charge is 0.472 e. The molecule has 2 rings (SSSR count). The van der Waals surface area contributed by atoms with Gasteiger partial charge in [0.1, 0.15) is 6.61 Å². The van der Waals surface area contributed by atoms with Gasteiger partial charge in [0, 0.05) is 13.6 Å². The molecular weight excluding hydrogens is 411 g/mol. The van der Waals surface area contributed by atoms with Gasteiger partial charge in [-0.05, 0) is 53.5 Å². The number of pyridine rings is 1. The Bertz CT molecular complexity index is 794. The fourth-order valence-corrected chi connectivity index (χ4v) is 2.43. The molecule has 0 unspecified atom stereocenters.